The van der Waals surface area contributed by atoms with Crippen molar-refractivity contribution >= 4 is 29.1 Å². The molecule has 2 aliphatic rings. The van der Waals surface area contributed by atoms with Crippen LogP contribution in [0.4, 0.5) is 5.69 Å². The molecule has 1 aromatic carbocycles. The van der Waals surface area contributed by atoms with Gasteiger partial charge in [0.05, 0.1) is 12.1 Å². The van der Waals surface area contributed by atoms with E-state index in [1.807, 2.05) is 4.90 Å². The Morgan fingerprint density at radius 1 is 1.08 bits per heavy atom. The lowest BCUT2D eigenvalue weighted by molar-refractivity contribution is -0.119. The molecular weight excluding hydrogens is 350 g/mol. The summed E-state index contributed by atoms with van der Waals surface area (Å²) in [5.74, 6) is 0.552. The first kappa shape index (κ1) is 19.0. The van der Waals surface area contributed by atoms with Crippen LogP contribution in [0.3, 0.4) is 0 Å². The Bertz CT molecular complexity index is 638. The number of benzene rings is 1. The van der Waals surface area contributed by atoms with E-state index in [9.17, 15) is 9.59 Å². The summed E-state index contributed by atoms with van der Waals surface area (Å²) in [5, 5.41) is 6.66. The molecule has 0 radical (unpaired) electrons. The molecule has 0 atom stereocenters. The Labute approximate surface area is 160 Å². The van der Waals surface area contributed by atoms with E-state index < -0.39 is 0 Å². The monoisotopic (exact) mass is 377 g/mol. The minimum absolute atomic E-state index is 0.0184. The summed E-state index contributed by atoms with van der Waals surface area (Å²) in [6.45, 7) is 2.48. The number of carbonyl (C=O) groups is 2. The Balaban J connectivity index is 1.55. The van der Waals surface area contributed by atoms with Crippen LogP contribution in [-0.2, 0) is 4.79 Å². The number of anilines is 1. The molecule has 26 heavy (non-hydrogen) atoms. The van der Waals surface area contributed by atoms with Gasteiger partial charge >= 0.3 is 0 Å². The maximum atomic E-state index is 12.7. The van der Waals surface area contributed by atoms with Crippen molar-refractivity contribution in [1.82, 2.24) is 10.2 Å². The number of nitrogens with one attached hydrogen (secondary N) is 2. The summed E-state index contributed by atoms with van der Waals surface area (Å²) in [6, 6.07) is 5.20. The minimum atomic E-state index is -0.0369. The predicted molar refractivity (Wildman–Crippen MR) is 105 cm³/mol. The SMILES string of the molecule is O=C(CNc1ccc(Cl)cc1C(=O)N1CCCC1)NCC1CCCCC1. The van der Waals surface area contributed by atoms with Crippen molar-refractivity contribution in [2.24, 2.45) is 5.92 Å². The molecule has 0 unspecified atom stereocenters. The van der Waals surface area contributed by atoms with Crippen LogP contribution in [0.25, 0.3) is 0 Å². The lowest BCUT2D eigenvalue weighted by Crippen LogP contribution is -2.35. The van der Waals surface area contributed by atoms with Crippen LogP contribution >= 0.6 is 11.6 Å². The highest BCUT2D eigenvalue weighted by molar-refractivity contribution is 6.31. The quantitative estimate of drug-likeness (QED) is 0.794. The minimum Gasteiger partial charge on any atom is -0.376 e. The lowest BCUT2D eigenvalue weighted by Gasteiger charge is -2.22. The van der Waals surface area contributed by atoms with Gasteiger partial charge in [0.2, 0.25) is 5.91 Å². The molecule has 2 fully saturated rings. The molecule has 2 amide bonds. The molecule has 2 N–H and O–H groups in total. The first-order valence-corrected chi connectivity index (χ1v) is 10.1. The molecule has 6 heteroatoms. The fourth-order valence-electron chi connectivity index (χ4n) is 3.83. The molecule has 142 valence electrons. The smallest absolute Gasteiger partial charge is 0.256 e. The third kappa shape index (κ3) is 5.13. The van der Waals surface area contributed by atoms with Crippen molar-refractivity contribution in [2.45, 2.75) is 44.9 Å². The van der Waals surface area contributed by atoms with Gasteiger partial charge in [-0.15, -0.1) is 0 Å². The Morgan fingerprint density at radius 2 is 1.81 bits per heavy atom. The van der Waals surface area contributed by atoms with E-state index >= 15 is 0 Å². The van der Waals surface area contributed by atoms with Crippen molar-refractivity contribution in [2.75, 3.05) is 31.5 Å². The Kier molecular flexibility index (Phi) is 6.78. The zero-order chi connectivity index (χ0) is 18.4. The van der Waals surface area contributed by atoms with Gasteiger partial charge < -0.3 is 15.5 Å². The first-order valence-electron chi connectivity index (χ1n) is 9.73. The first-order chi connectivity index (χ1) is 12.6. The van der Waals surface area contributed by atoms with Crippen LogP contribution in [0, 0.1) is 5.92 Å². The van der Waals surface area contributed by atoms with Gasteiger partial charge in [0.15, 0.2) is 0 Å². The van der Waals surface area contributed by atoms with Crippen molar-refractivity contribution in [3.8, 4) is 0 Å². The third-order valence-corrected chi connectivity index (χ3v) is 5.59. The lowest BCUT2D eigenvalue weighted by atomic mass is 9.89. The highest BCUT2D eigenvalue weighted by Crippen LogP contribution is 2.24. The van der Waals surface area contributed by atoms with Crippen molar-refractivity contribution in [3.63, 3.8) is 0 Å². The fraction of sp³-hybridized carbons (Fsp3) is 0.600. The second-order valence-electron chi connectivity index (χ2n) is 7.35. The van der Waals surface area contributed by atoms with Gasteiger partial charge in [-0.3, -0.25) is 9.59 Å². The molecule has 0 spiro atoms. The second kappa shape index (κ2) is 9.26. The number of likely N-dealkylation sites (tertiary alicyclic amines) is 1. The topological polar surface area (TPSA) is 61.4 Å². The van der Waals surface area contributed by atoms with E-state index in [1.54, 1.807) is 18.2 Å². The van der Waals surface area contributed by atoms with Crippen molar-refractivity contribution < 1.29 is 9.59 Å². The number of hydrogen-bond donors (Lipinski definition) is 2. The van der Waals surface area contributed by atoms with Crippen LogP contribution in [0.5, 0.6) is 0 Å². The van der Waals surface area contributed by atoms with Crippen LogP contribution in [0.15, 0.2) is 18.2 Å². The molecule has 1 aliphatic heterocycles. The molecule has 0 bridgehead atoms. The maximum Gasteiger partial charge on any atom is 0.256 e. The van der Waals surface area contributed by atoms with Gasteiger partial charge in [-0.1, -0.05) is 30.9 Å². The molecular formula is C20H28ClN3O2. The van der Waals surface area contributed by atoms with E-state index in [0.29, 0.717) is 22.2 Å². The highest BCUT2D eigenvalue weighted by atomic mass is 35.5. The summed E-state index contributed by atoms with van der Waals surface area (Å²) >= 11 is 6.09. The normalized spacial score (nSPS) is 18.0. The van der Waals surface area contributed by atoms with E-state index in [4.69, 9.17) is 11.6 Å². The molecule has 1 saturated heterocycles. The molecule has 3 rings (SSSR count). The zero-order valence-electron chi connectivity index (χ0n) is 15.2. The average molecular weight is 378 g/mol. The molecule has 5 nitrogen and oxygen atoms in total. The fourth-order valence-corrected chi connectivity index (χ4v) is 4.00. The summed E-state index contributed by atoms with van der Waals surface area (Å²) in [5.41, 5.74) is 1.21. The van der Waals surface area contributed by atoms with Gasteiger partial charge in [-0.05, 0) is 49.8 Å². The van der Waals surface area contributed by atoms with Gasteiger partial charge in [-0.25, -0.2) is 0 Å². The van der Waals surface area contributed by atoms with Crippen molar-refractivity contribution in [1.29, 1.82) is 0 Å². The standard InChI is InChI=1S/C20H28ClN3O2/c21-16-8-9-18(17(12-16)20(26)24-10-4-5-11-24)22-14-19(25)23-13-15-6-2-1-3-7-15/h8-9,12,15,22H,1-7,10-11,13-14H2,(H,23,25). The number of carbonyl (C=O) groups excluding carboxylic acids is 2. The summed E-state index contributed by atoms with van der Waals surface area (Å²) in [6.07, 6.45) is 8.35. The average Bonchev–Trinajstić information content (AvgIpc) is 3.20. The van der Waals surface area contributed by atoms with E-state index in [1.165, 1.54) is 32.1 Å². The number of hydrogen-bond acceptors (Lipinski definition) is 3. The van der Waals surface area contributed by atoms with Gasteiger partial charge in [0, 0.05) is 30.3 Å². The van der Waals surface area contributed by atoms with Crippen LogP contribution < -0.4 is 10.6 Å². The van der Waals surface area contributed by atoms with E-state index in [-0.39, 0.29) is 18.4 Å². The highest BCUT2D eigenvalue weighted by Gasteiger charge is 2.22. The van der Waals surface area contributed by atoms with Crippen LogP contribution in [-0.4, -0.2) is 42.9 Å². The van der Waals surface area contributed by atoms with E-state index in [0.717, 1.165) is 32.5 Å². The third-order valence-electron chi connectivity index (χ3n) is 5.36. The Morgan fingerprint density at radius 3 is 2.54 bits per heavy atom. The van der Waals surface area contributed by atoms with Crippen molar-refractivity contribution in [3.05, 3.63) is 28.8 Å². The summed E-state index contributed by atoms with van der Waals surface area (Å²) < 4.78 is 0. The van der Waals surface area contributed by atoms with E-state index in [2.05, 4.69) is 10.6 Å². The number of halogens is 1. The maximum absolute atomic E-state index is 12.7. The molecule has 1 aromatic rings. The zero-order valence-corrected chi connectivity index (χ0v) is 16.0. The largest absolute Gasteiger partial charge is 0.376 e. The molecule has 0 aromatic heterocycles. The summed E-state index contributed by atoms with van der Waals surface area (Å²) in [4.78, 5) is 26.7. The van der Waals surface area contributed by atoms with Gasteiger partial charge in [0.25, 0.3) is 5.91 Å². The number of amides is 2. The second-order valence-corrected chi connectivity index (χ2v) is 7.79. The van der Waals surface area contributed by atoms with Gasteiger partial charge in [-0.2, -0.15) is 0 Å². The van der Waals surface area contributed by atoms with Gasteiger partial charge in [0.1, 0.15) is 0 Å². The Hall–Kier alpha value is -1.75. The van der Waals surface area contributed by atoms with Crippen LogP contribution in [0.1, 0.15) is 55.3 Å². The number of rotatable bonds is 6. The van der Waals surface area contributed by atoms with Crippen LogP contribution in [0.2, 0.25) is 5.02 Å². The summed E-state index contributed by atoms with van der Waals surface area (Å²) in [7, 11) is 0. The predicted octanol–water partition coefficient (Wildman–Crippen LogP) is 3.68. The molecule has 1 heterocycles. The molecule has 1 saturated carbocycles. The number of nitrogens with zero attached hydrogens (tertiary/aromatic N) is 1. The molecule has 1 aliphatic carbocycles.